The predicted octanol–water partition coefficient (Wildman–Crippen LogP) is 5.13. The molecule has 0 fully saturated rings. The SMILES string of the molecule is COc1ccccc1OCc1c(C(=O)Nc2ccc(Cl)cc2Cl)noc1C. The largest absolute Gasteiger partial charge is 0.493 e. The molecule has 0 aliphatic heterocycles. The zero-order valence-corrected chi connectivity index (χ0v) is 16.1. The van der Waals surface area contributed by atoms with Crippen LogP contribution >= 0.6 is 23.2 Å². The van der Waals surface area contributed by atoms with Crippen molar-refractivity contribution in [3.05, 3.63) is 69.5 Å². The summed E-state index contributed by atoms with van der Waals surface area (Å²) in [6.45, 7) is 1.80. The van der Waals surface area contributed by atoms with Crippen LogP contribution in [-0.2, 0) is 6.61 Å². The molecule has 3 aromatic rings. The van der Waals surface area contributed by atoms with Gasteiger partial charge in [-0.2, -0.15) is 0 Å². The maximum absolute atomic E-state index is 12.6. The molecule has 27 heavy (non-hydrogen) atoms. The lowest BCUT2D eigenvalue weighted by Crippen LogP contribution is -2.15. The summed E-state index contributed by atoms with van der Waals surface area (Å²) >= 11 is 12.0. The van der Waals surface area contributed by atoms with E-state index >= 15 is 0 Å². The van der Waals surface area contributed by atoms with Crippen molar-refractivity contribution in [1.29, 1.82) is 0 Å². The highest BCUT2D eigenvalue weighted by atomic mass is 35.5. The lowest BCUT2D eigenvalue weighted by Gasteiger charge is -2.11. The number of ether oxygens (including phenoxy) is 2. The van der Waals surface area contributed by atoms with Gasteiger partial charge in [-0.25, -0.2) is 0 Å². The molecule has 0 aliphatic rings. The zero-order chi connectivity index (χ0) is 19.4. The van der Waals surface area contributed by atoms with Crippen LogP contribution in [0.1, 0.15) is 21.8 Å². The molecular formula is C19H16Cl2N2O4. The van der Waals surface area contributed by atoms with E-state index in [0.717, 1.165) is 0 Å². The smallest absolute Gasteiger partial charge is 0.278 e. The van der Waals surface area contributed by atoms with Crippen LogP contribution in [0, 0.1) is 6.92 Å². The van der Waals surface area contributed by atoms with Crippen molar-refractivity contribution in [3.63, 3.8) is 0 Å². The molecule has 1 N–H and O–H groups in total. The summed E-state index contributed by atoms with van der Waals surface area (Å²) in [6.07, 6.45) is 0. The minimum Gasteiger partial charge on any atom is -0.493 e. The molecule has 1 aromatic heterocycles. The number of amides is 1. The van der Waals surface area contributed by atoms with E-state index in [0.29, 0.717) is 38.6 Å². The second-order valence-electron chi connectivity index (χ2n) is 5.58. The van der Waals surface area contributed by atoms with Gasteiger partial charge in [0.2, 0.25) is 0 Å². The number of aromatic nitrogens is 1. The third kappa shape index (κ3) is 4.35. The van der Waals surface area contributed by atoms with Crippen LogP contribution in [0.5, 0.6) is 11.5 Å². The Labute approximate surface area is 166 Å². The van der Waals surface area contributed by atoms with Crippen molar-refractivity contribution in [3.8, 4) is 11.5 Å². The Balaban J connectivity index is 1.78. The molecule has 1 heterocycles. The van der Waals surface area contributed by atoms with Crippen LogP contribution in [-0.4, -0.2) is 18.2 Å². The molecule has 0 saturated carbocycles. The maximum atomic E-state index is 12.6. The minimum atomic E-state index is -0.463. The number of rotatable bonds is 6. The number of anilines is 1. The summed E-state index contributed by atoms with van der Waals surface area (Å²) in [6, 6.07) is 12.0. The van der Waals surface area contributed by atoms with E-state index in [2.05, 4.69) is 10.5 Å². The maximum Gasteiger partial charge on any atom is 0.278 e. The number of halogens is 2. The summed E-state index contributed by atoms with van der Waals surface area (Å²) in [7, 11) is 1.56. The highest BCUT2D eigenvalue weighted by Gasteiger charge is 2.21. The van der Waals surface area contributed by atoms with Gasteiger partial charge in [-0.15, -0.1) is 0 Å². The van der Waals surface area contributed by atoms with E-state index in [4.69, 9.17) is 37.2 Å². The number of hydrogen-bond donors (Lipinski definition) is 1. The van der Waals surface area contributed by atoms with Gasteiger partial charge >= 0.3 is 0 Å². The Kier molecular flexibility index (Phi) is 5.88. The van der Waals surface area contributed by atoms with E-state index in [9.17, 15) is 4.79 Å². The Morgan fingerprint density at radius 3 is 2.63 bits per heavy atom. The molecule has 0 radical (unpaired) electrons. The van der Waals surface area contributed by atoms with E-state index in [-0.39, 0.29) is 12.3 Å². The van der Waals surface area contributed by atoms with E-state index in [1.54, 1.807) is 44.4 Å². The van der Waals surface area contributed by atoms with Gasteiger partial charge in [0.25, 0.3) is 5.91 Å². The number of methoxy groups -OCH3 is 1. The second-order valence-corrected chi connectivity index (χ2v) is 6.43. The Morgan fingerprint density at radius 2 is 1.93 bits per heavy atom. The van der Waals surface area contributed by atoms with Crippen LogP contribution in [0.25, 0.3) is 0 Å². The number of aryl methyl sites for hydroxylation is 1. The molecule has 8 heteroatoms. The number of carbonyl (C=O) groups excluding carboxylic acids is 1. The van der Waals surface area contributed by atoms with Crippen LogP contribution in [0.3, 0.4) is 0 Å². The average Bonchev–Trinajstić information content (AvgIpc) is 3.03. The number of benzene rings is 2. The van der Waals surface area contributed by atoms with Crippen molar-refractivity contribution < 1.29 is 18.8 Å². The number of carbonyl (C=O) groups is 1. The molecule has 0 saturated heterocycles. The fourth-order valence-corrected chi connectivity index (χ4v) is 2.86. The monoisotopic (exact) mass is 406 g/mol. The van der Waals surface area contributed by atoms with Crippen LogP contribution in [0.4, 0.5) is 5.69 Å². The normalized spacial score (nSPS) is 10.5. The Bertz CT molecular complexity index is 972. The standard InChI is InChI=1S/C19H16Cl2N2O4/c1-11-13(10-26-17-6-4-3-5-16(17)25-2)18(23-27-11)19(24)22-15-8-7-12(20)9-14(15)21/h3-9H,10H2,1-2H3,(H,22,24). The first-order chi connectivity index (χ1) is 13.0. The van der Waals surface area contributed by atoms with Crippen molar-refractivity contribution in [2.24, 2.45) is 0 Å². The summed E-state index contributed by atoms with van der Waals surface area (Å²) in [5.41, 5.74) is 1.07. The molecule has 0 atom stereocenters. The van der Waals surface area contributed by atoms with Gasteiger partial charge in [-0.3, -0.25) is 4.79 Å². The van der Waals surface area contributed by atoms with Crippen LogP contribution < -0.4 is 14.8 Å². The summed E-state index contributed by atoms with van der Waals surface area (Å²) in [5.74, 6) is 1.16. The summed E-state index contributed by atoms with van der Waals surface area (Å²) in [5, 5.41) is 7.34. The Hall–Kier alpha value is -2.70. The predicted molar refractivity (Wildman–Crippen MR) is 103 cm³/mol. The lowest BCUT2D eigenvalue weighted by atomic mass is 10.2. The lowest BCUT2D eigenvalue weighted by molar-refractivity contribution is 0.101. The fraction of sp³-hybridized carbons (Fsp3) is 0.158. The average molecular weight is 407 g/mol. The number of nitrogens with zero attached hydrogens (tertiary/aromatic N) is 1. The molecule has 140 valence electrons. The third-order valence-electron chi connectivity index (χ3n) is 3.82. The molecule has 6 nitrogen and oxygen atoms in total. The first-order valence-electron chi connectivity index (χ1n) is 7.97. The quantitative estimate of drug-likeness (QED) is 0.613. The molecule has 3 rings (SSSR count). The van der Waals surface area contributed by atoms with Gasteiger partial charge in [0.05, 0.1) is 23.4 Å². The van der Waals surface area contributed by atoms with E-state index in [1.807, 2.05) is 12.1 Å². The highest BCUT2D eigenvalue weighted by Crippen LogP contribution is 2.29. The highest BCUT2D eigenvalue weighted by molar-refractivity contribution is 6.36. The van der Waals surface area contributed by atoms with Gasteiger partial charge in [0.1, 0.15) is 12.4 Å². The van der Waals surface area contributed by atoms with Crippen molar-refractivity contribution >= 4 is 34.8 Å². The van der Waals surface area contributed by atoms with E-state index in [1.165, 1.54) is 0 Å². The first kappa shape index (κ1) is 19.1. The van der Waals surface area contributed by atoms with Crippen molar-refractivity contribution in [2.45, 2.75) is 13.5 Å². The van der Waals surface area contributed by atoms with Crippen molar-refractivity contribution in [1.82, 2.24) is 5.16 Å². The third-order valence-corrected chi connectivity index (χ3v) is 4.37. The fourth-order valence-electron chi connectivity index (χ4n) is 2.40. The van der Waals surface area contributed by atoms with Gasteiger partial charge in [-0.1, -0.05) is 40.5 Å². The van der Waals surface area contributed by atoms with Gasteiger partial charge in [0.15, 0.2) is 17.2 Å². The molecule has 2 aromatic carbocycles. The Morgan fingerprint density at radius 1 is 1.19 bits per heavy atom. The molecule has 0 aliphatic carbocycles. The van der Waals surface area contributed by atoms with Gasteiger partial charge < -0.3 is 19.3 Å². The molecule has 0 unspecified atom stereocenters. The number of nitrogens with one attached hydrogen (secondary N) is 1. The summed E-state index contributed by atoms with van der Waals surface area (Å²) in [4.78, 5) is 12.6. The summed E-state index contributed by atoms with van der Waals surface area (Å²) < 4.78 is 16.2. The second kappa shape index (κ2) is 8.33. The van der Waals surface area contributed by atoms with Crippen molar-refractivity contribution in [2.75, 3.05) is 12.4 Å². The molecule has 0 bridgehead atoms. The van der Waals surface area contributed by atoms with Crippen LogP contribution in [0.2, 0.25) is 10.0 Å². The van der Waals surface area contributed by atoms with E-state index < -0.39 is 5.91 Å². The zero-order valence-electron chi connectivity index (χ0n) is 14.6. The van der Waals surface area contributed by atoms with Gasteiger partial charge in [-0.05, 0) is 37.3 Å². The number of hydrogen-bond acceptors (Lipinski definition) is 5. The molecule has 0 spiro atoms. The topological polar surface area (TPSA) is 73.6 Å². The first-order valence-corrected chi connectivity index (χ1v) is 8.72. The minimum absolute atomic E-state index is 0.0901. The van der Waals surface area contributed by atoms with Gasteiger partial charge in [0, 0.05) is 5.02 Å². The van der Waals surface area contributed by atoms with Crippen LogP contribution in [0.15, 0.2) is 47.0 Å². The molecular weight excluding hydrogens is 391 g/mol. The number of para-hydroxylation sites is 2. The molecule has 1 amide bonds.